The minimum absolute atomic E-state index is 0.0347. The fourth-order valence-electron chi connectivity index (χ4n) is 2.91. The van der Waals surface area contributed by atoms with Gasteiger partial charge in [-0.1, -0.05) is 18.2 Å². The molecule has 0 spiro atoms. The molecule has 1 aromatic heterocycles. The topological polar surface area (TPSA) is 90.3 Å². The van der Waals surface area contributed by atoms with E-state index in [2.05, 4.69) is 5.10 Å². The predicted octanol–water partition coefficient (Wildman–Crippen LogP) is 4.54. The molecular weight excluding hydrogens is 454 g/mol. The Morgan fingerprint density at radius 2 is 1.72 bits per heavy atom. The zero-order valence-corrected chi connectivity index (χ0v) is 18.0. The lowest BCUT2D eigenvalue weighted by Gasteiger charge is -2.22. The Labute approximate surface area is 181 Å². The number of nitrogens with one attached hydrogen (secondary N) is 1. The molecule has 1 N–H and O–H groups in total. The first-order valence-corrected chi connectivity index (χ1v) is 10.7. The van der Waals surface area contributed by atoms with E-state index in [-0.39, 0.29) is 10.9 Å². The zero-order valence-electron chi connectivity index (χ0n) is 17.1. The first-order chi connectivity index (χ1) is 14.7. The first-order valence-electron chi connectivity index (χ1n) is 9.24. The second kappa shape index (κ2) is 8.17. The molecule has 12 heteroatoms. The summed E-state index contributed by atoms with van der Waals surface area (Å²) in [4.78, 5) is 11.8. The van der Waals surface area contributed by atoms with Gasteiger partial charge in [-0.25, -0.2) is 17.6 Å². The van der Waals surface area contributed by atoms with E-state index >= 15 is 0 Å². The average molecular weight is 473 g/mol. The monoisotopic (exact) mass is 473 g/mol. The molecule has 0 aliphatic carbocycles. The second-order valence-corrected chi connectivity index (χ2v) is 9.56. The number of rotatable bonds is 4. The molecule has 172 valence electrons. The molecule has 0 aliphatic heterocycles. The number of aromatic nitrogens is 2. The van der Waals surface area contributed by atoms with Crippen molar-refractivity contribution in [1.82, 2.24) is 14.5 Å². The lowest BCUT2D eigenvalue weighted by molar-refractivity contribution is -0.153. The Kier molecular flexibility index (Phi) is 6.04. The fourth-order valence-corrected chi connectivity index (χ4v) is 4.32. The van der Waals surface area contributed by atoms with Gasteiger partial charge in [-0.15, -0.1) is 0 Å². The van der Waals surface area contributed by atoms with Crippen LogP contribution < -0.4 is 4.72 Å². The van der Waals surface area contributed by atoms with Crippen molar-refractivity contribution in [3.05, 3.63) is 60.0 Å². The van der Waals surface area contributed by atoms with Crippen molar-refractivity contribution in [2.75, 3.05) is 0 Å². The summed E-state index contributed by atoms with van der Waals surface area (Å²) < 4.78 is 87.5. The van der Waals surface area contributed by atoms with Gasteiger partial charge in [-0.3, -0.25) is 0 Å². The van der Waals surface area contributed by atoms with E-state index in [4.69, 9.17) is 4.74 Å². The summed E-state index contributed by atoms with van der Waals surface area (Å²) in [6.07, 6.45) is -4.83. The maximum Gasteiger partial charge on any atom is 0.435 e. The number of carbonyl (C=O) groups is 1. The molecule has 1 heterocycles. The van der Waals surface area contributed by atoms with Gasteiger partial charge >= 0.3 is 12.3 Å². The van der Waals surface area contributed by atoms with Crippen LogP contribution in [0, 0.1) is 5.82 Å². The standard InChI is InChI=1S/C20H19F4N3O4S/c1-19(2,3)31-18(28)27-15-5-4-6-16(14(15)11-25-27)32(29,30)26-17(20(22,23)24)12-7-9-13(21)10-8-12/h4-11,17,26H,1-3H3. The highest BCUT2D eigenvalue weighted by molar-refractivity contribution is 7.89. The highest BCUT2D eigenvalue weighted by Crippen LogP contribution is 2.35. The molecule has 2 aromatic carbocycles. The molecule has 0 amide bonds. The molecular formula is C20H19F4N3O4S. The van der Waals surface area contributed by atoms with Gasteiger partial charge in [0.25, 0.3) is 0 Å². The largest absolute Gasteiger partial charge is 0.442 e. The van der Waals surface area contributed by atoms with Crippen LogP contribution in [0.15, 0.2) is 53.6 Å². The third kappa shape index (κ3) is 5.07. The Morgan fingerprint density at radius 1 is 1.09 bits per heavy atom. The molecule has 1 unspecified atom stereocenters. The molecule has 0 fully saturated rings. The smallest absolute Gasteiger partial charge is 0.435 e. The Hall–Kier alpha value is -2.99. The van der Waals surface area contributed by atoms with Crippen molar-refractivity contribution < 1.29 is 35.5 Å². The highest BCUT2D eigenvalue weighted by Gasteiger charge is 2.43. The number of halogens is 4. The third-order valence-corrected chi connectivity index (χ3v) is 5.71. The quantitative estimate of drug-likeness (QED) is 0.562. The molecule has 0 bridgehead atoms. The third-order valence-electron chi connectivity index (χ3n) is 4.23. The summed E-state index contributed by atoms with van der Waals surface area (Å²) in [7, 11) is -4.74. The van der Waals surface area contributed by atoms with Crippen LogP contribution in [-0.2, 0) is 14.8 Å². The second-order valence-electron chi connectivity index (χ2n) is 7.87. The van der Waals surface area contributed by atoms with Crippen LogP contribution >= 0.6 is 0 Å². The van der Waals surface area contributed by atoms with Crippen LogP contribution in [0.5, 0.6) is 0 Å². The Balaban J connectivity index is 2.03. The predicted molar refractivity (Wildman–Crippen MR) is 107 cm³/mol. The zero-order chi connectivity index (χ0) is 23.9. The van der Waals surface area contributed by atoms with Gasteiger partial charge in [0, 0.05) is 5.39 Å². The fraction of sp³-hybridized carbons (Fsp3) is 0.300. The van der Waals surface area contributed by atoms with Crippen molar-refractivity contribution in [2.24, 2.45) is 0 Å². The number of hydrogen-bond acceptors (Lipinski definition) is 5. The molecule has 32 heavy (non-hydrogen) atoms. The highest BCUT2D eigenvalue weighted by atomic mass is 32.2. The summed E-state index contributed by atoms with van der Waals surface area (Å²) in [5, 5.41) is 3.76. The van der Waals surface area contributed by atoms with Crippen molar-refractivity contribution in [3.63, 3.8) is 0 Å². The summed E-state index contributed by atoms with van der Waals surface area (Å²) >= 11 is 0. The van der Waals surface area contributed by atoms with Crippen LogP contribution in [0.2, 0.25) is 0 Å². The molecule has 0 aliphatic rings. The van der Waals surface area contributed by atoms with Crippen LogP contribution in [0.4, 0.5) is 22.4 Å². The van der Waals surface area contributed by atoms with E-state index in [0.717, 1.165) is 41.2 Å². The van der Waals surface area contributed by atoms with Crippen molar-refractivity contribution in [1.29, 1.82) is 0 Å². The van der Waals surface area contributed by atoms with E-state index in [1.54, 1.807) is 25.5 Å². The maximum absolute atomic E-state index is 13.6. The number of hydrogen-bond donors (Lipinski definition) is 1. The minimum atomic E-state index is -5.00. The molecule has 1 atom stereocenters. The van der Waals surface area contributed by atoms with Gasteiger partial charge in [0.1, 0.15) is 17.5 Å². The van der Waals surface area contributed by atoms with E-state index in [0.29, 0.717) is 0 Å². The summed E-state index contributed by atoms with van der Waals surface area (Å²) in [6.45, 7) is 4.88. The molecule has 0 radical (unpaired) electrons. The van der Waals surface area contributed by atoms with Crippen LogP contribution in [0.25, 0.3) is 10.9 Å². The van der Waals surface area contributed by atoms with E-state index in [9.17, 15) is 30.8 Å². The first kappa shape index (κ1) is 23.7. The summed E-state index contributed by atoms with van der Waals surface area (Å²) in [6, 6.07) is 4.40. The summed E-state index contributed by atoms with van der Waals surface area (Å²) in [5.74, 6) is -0.767. The summed E-state index contributed by atoms with van der Waals surface area (Å²) in [5.41, 5.74) is -1.30. The number of nitrogens with zero attached hydrogens (tertiary/aromatic N) is 2. The van der Waals surface area contributed by atoms with Crippen molar-refractivity contribution >= 4 is 27.0 Å². The maximum atomic E-state index is 13.6. The normalized spacial score (nSPS) is 13.8. The molecule has 0 saturated carbocycles. The van der Waals surface area contributed by atoms with Crippen LogP contribution in [0.1, 0.15) is 32.4 Å². The van der Waals surface area contributed by atoms with Crippen molar-refractivity contribution in [2.45, 2.75) is 43.5 Å². The lowest BCUT2D eigenvalue weighted by atomic mass is 10.1. The number of ether oxygens (including phenoxy) is 1. The molecule has 7 nitrogen and oxygen atoms in total. The van der Waals surface area contributed by atoms with Crippen molar-refractivity contribution in [3.8, 4) is 0 Å². The molecule has 0 saturated heterocycles. The van der Waals surface area contributed by atoms with E-state index in [1.165, 1.54) is 12.1 Å². The SMILES string of the molecule is CC(C)(C)OC(=O)n1ncc2c(S(=O)(=O)NC(c3ccc(F)cc3)C(F)(F)F)cccc21. The number of sulfonamides is 1. The van der Waals surface area contributed by atoms with Gasteiger partial charge < -0.3 is 4.74 Å². The van der Waals surface area contributed by atoms with E-state index in [1.807, 2.05) is 0 Å². The van der Waals surface area contributed by atoms with Gasteiger partial charge in [-0.2, -0.15) is 27.7 Å². The molecule has 3 rings (SSSR count). The molecule has 3 aromatic rings. The number of alkyl halides is 3. The van der Waals surface area contributed by atoms with Gasteiger partial charge in [0.2, 0.25) is 10.0 Å². The van der Waals surface area contributed by atoms with Gasteiger partial charge in [0.05, 0.1) is 16.6 Å². The Bertz CT molecular complexity index is 1250. The number of carbonyl (C=O) groups excluding carboxylic acids is 1. The minimum Gasteiger partial charge on any atom is -0.442 e. The number of benzene rings is 2. The van der Waals surface area contributed by atoms with Crippen LogP contribution in [-0.4, -0.2) is 36.1 Å². The van der Waals surface area contributed by atoms with Crippen LogP contribution in [0.3, 0.4) is 0 Å². The lowest BCUT2D eigenvalue weighted by Crippen LogP contribution is -2.38. The Morgan fingerprint density at radius 3 is 2.28 bits per heavy atom. The van der Waals surface area contributed by atoms with E-state index < -0.39 is 50.2 Å². The van der Waals surface area contributed by atoms with Gasteiger partial charge in [0.15, 0.2) is 0 Å². The van der Waals surface area contributed by atoms with Gasteiger partial charge in [-0.05, 0) is 50.6 Å². The average Bonchev–Trinajstić information content (AvgIpc) is 3.09. The number of fused-ring (bicyclic) bond motifs is 1.